The SMILES string of the molecule is COCc1cc(C(C)=O)c(C)o1. The van der Waals surface area contributed by atoms with Crippen LogP contribution in [0, 0.1) is 6.92 Å². The predicted octanol–water partition coefficient (Wildman–Crippen LogP) is 1.94. The molecule has 0 saturated carbocycles. The molecule has 0 aliphatic carbocycles. The minimum Gasteiger partial charge on any atom is -0.463 e. The first kappa shape index (κ1) is 9.00. The van der Waals surface area contributed by atoms with E-state index in [1.807, 2.05) is 0 Å². The Morgan fingerprint density at radius 3 is 2.75 bits per heavy atom. The molecule has 0 N–H and O–H groups in total. The Hall–Kier alpha value is -1.09. The van der Waals surface area contributed by atoms with Crippen molar-refractivity contribution in [3.05, 3.63) is 23.2 Å². The lowest BCUT2D eigenvalue weighted by molar-refractivity contribution is 0.101. The topological polar surface area (TPSA) is 39.4 Å². The molecule has 66 valence electrons. The van der Waals surface area contributed by atoms with Gasteiger partial charge in [-0.3, -0.25) is 4.79 Å². The number of rotatable bonds is 3. The van der Waals surface area contributed by atoms with Crippen LogP contribution < -0.4 is 0 Å². The first-order valence-electron chi connectivity index (χ1n) is 3.74. The number of carbonyl (C=O) groups is 1. The van der Waals surface area contributed by atoms with Crippen LogP contribution in [0.3, 0.4) is 0 Å². The maximum atomic E-state index is 11.0. The molecule has 0 aliphatic heterocycles. The Labute approximate surface area is 71.3 Å². The van der Waals surface area contributed by atoms with Crippen molar-refractivity contribution in [3.8, 4) is 0 Å². The van der Waals surface area contributed by atoms with Gasteiger partial charge in [0.05, 0.1) is 5.56 Å². The summed E-state index contributed by atoms with van der Waals surface area (Å²) in [6.45, 7) is 3.71. The largest absolute Gasteiger partial charge is 0.463 e. The van der Waals surface area contributed by atoms with Crippen LogP contribution in [0.5, 0.6) is 0 Å². The van der Waals surface area contributed by atoms with Crippen LogP contribution in [0.1, 0.15) is 28.8 Å². The number of aryl methyl sites for hydroxylation is 1. The summed E-state index contributed by atoms with van der Waals surface area (Å²) in [5.41, 5.74) is 0.641. The maximum absolute atomic E-state index is 11.0. The van der Waals surface area contributed by atoms with Gasteiger partial charge in [-0.1, -0.05) is 0 Å². The van der Waals surface area contributed by atoms with Crippen LogP contribution in [0.15, 0.2) is 10.5 Å². The van der Waals surface area contributed by atoms with Gasteiger partial charge in [-0.05, 0) is 19.9 Å². The summed E-state index contributed by atoms with van der Waals surface area (Å²) in [5, 5.41) is 0. The molecule has 1 aromatic heterocycles. The normalized spacial score (nSPS) is 10.2. The molecule has 0 aliphatic rings. The van der Waals surface area contributed by atoms with Crippen molar-refractivity contribution in [3.63, 3.8) is 0 Å². The molecule has 0 unspecified atom stereocenters. The van der Waals surface area contributed by atoms with Gasteiger partial charge in [0.1, 0.15) is 18.1 Å². The molecule has 0 spiro atoms. The minimum absolute atomic E-state index is 0.0265. The summed E-state index contributed by atoms with van der Waals surface area (Å²) in [5.74, 6) is 1.38. The van der Waals surface area contributed by atoms with E-state index in [0.29, 0.717) is 23.7 Å². The number of methoxy groups -OCH3 is 1. The summed E-state index contributed by atoms with van der Waals surface area (Å²) < 4.78 is 10.1. The predicted molar refractivity (Wildman–Crippen MR) is 44.2 cm³/mol. The average Bonchev–Trinajstić information content (AvgIpc) is 2.32. The lowest BCUT2D eigenvalue weighted by Gasteiger charge is -1.90. The molecule has 0 fully saturated rings. The van der Waals surface area contributed by atoms with Gasteiger partial charge in [-0.2, -0.15) is 0 Å². The molecule has 0 atom stereocenters. The van der Waals surface area contributed by atoms with Gasteiger partial charge in [0, 0.05) is 7.11 Å². The van der Waals surface area contributed by atoms with Crippen molar-refractivity contribution < 1.29 is 13.9 Å². The summed E-state index contributed by atoms with van der Waals surface area (Å²) in [7, 11) is 1.59. The van der Waals surface area contributed by atoms with Crippen LogP contribution in [0.4, 0.5) is 0 Å². The molecule has 0 aromatic carbocycles. The molecule has 1 heterocycles. The molecule has 1 aromatic rings. The van der Waals surface area contributed by atoms with Crippen molar-refractivity contribution in [2.75, 3.05) is 7.11 Å². The van der Waals surface area contributed by atoms with Crippen LogP contribution in [0.25, 0.3) is 0 Å². The minimum atomic E-state index is 0.0265. The second-order valence-electron chi connectivity index (χ2n) is 2.67. The van der Waals surface area contributed by atoms with E-state index in [4.69, 9.17) is 9.15 Å². The number of Topliss-reactive ketones (excluding diaryl/α,β-unsaturated/α-hetero) is 1. The lowest BCUT2D eigenvalue weighted by Crippen LogP contribution is -1.90. The fourth-order valence-corrected chi connectivity index (χ4v) is 1.11. The molecular weight excluding hydrogens is 156 g/mol. The zero-order valence-corrected chi connectivity index (χ0v) is 7.51. The highest BCUT2D eigenvalue weighted by Crippen LogP contribution is 2.15. The number of hydrogen-bond acceptors (Lipinski definition) is 3. The van der Waals surface area contributed by atoms with E-state index in [9.17, 15) is 4.79 Å². The zero-order valence-electron chi connectivity index (χ0n) is 7.51. The Morgan fingerprint density at radius 2 is 2.33 bits per heavy atom. The van der Waals surface area contributed by atoms with Gasteiger partial charge < -0.3 is 9.15 Å². The Morgan fingerprint density at radius 1 is 1.67 bits per heavy atom. The fraction of sp³-hybridized carbons (Fsp3) is 0.444. The van der Waals surface area contributed by atoms with E-state index in [-0.39, 0.29) is 5.78 Å². The zero-order chi connectivity index (χ0) is 9.14. The maximum Gasteiger partial charge on any atom is 0.163 e. The van der Waals surface area contributed by atoms with Crippen molar-refractivity contribution >= 4 is 5.78 Å². The van der Waals surface area contributed by atoms with Gasteiger partial charge in [0.2, 0.25) is 0 Å². The van der Waals surface area contributed by atoms with E-state index in [0.717, 1.165) is 0 Å². The second kappa shape index (κ2) is 3.54. The van der Waals surface area contributed by atoms with Crippen molar-refractivity contribution in [2.45, 2.75) is 20.5 Å². The van der Waals surface area contributed by atoms with E-state index in [2.05, 4.69) is 0 Å². The van der Waals surface area contributed by atoms with Crippen molar-refractivity contribution in [1.82, 2.24) is 0 Å². The van der Waals surface area contributed by atoms with E-state index in [1.54, 1.807) is 20.1 Å². The third kappa shape index (κ3) is 1.74. The van der Waals surface area contributed by atoms with Crippen LogP contribution >= 0.6 is 0 Å². The summed E-state index contributed by atoms with van der Waals surface area (Å²) >= 11 is 0. The van der Waals surface area contributed by atoms with E-state index < -0.39 is 0 Å². The van der Waals surface area contributed by atoms with Gasteiger partial charge in [0.25, 0.3) is 0 Å². The molecule has 1 rings (SSSR count). The van der Waals surface area contributed by atoms with E-state index in [1.165, 1.54) is 6.92 Å². The Kier molecular flexibility index (Phi) is 2.65. The number of ketones is 1. The number of ether oxygens (including phenoxy) is 1. The van der Waals surface area contributed by atoms with E-state index >= 15 is 0 Å². The molecule has 3 heteroatoms. The lowest BCUT2D eigenvalue weighted by atomic mass is 10.2. The highest BCUT2D eigenvalue weighted by atomic mass is 16.5. The Balaban J connectivity index is 2.92. The Bertz CT molecular complexity index is 286. The molecule has 0 saturated heterocycles. The van der Waals surface area contributed by atoms with Gasteiger partial charge >= 0.3 is 0 Å². The first-order valence-corrected chi connectivity index (χ1v) is 3.74. The highest BCUT2D eigenvalue weighted by molar-refractivity contribution is 5.95. The van der Waals surface area contributed by atoms with Crippen LogP contribution in [-0.4, -0.2) is 12.9 Å². The van der Waals surface area contributed by atoms with Gasteiger partial charge in [0.15, 0.2) is 5.78 Å². The quantitative estimate of drug-likeness (QED) is 0.647. The van der Waals surface area contributed by atoms with Crippen LogP contribution in [0.2, 0.25) is 0 Å². The number of hydrogen-bond donors (Lipinski definition) is 0. The van der Waals surface area contributed by atoms with Gasteiger partial charge in [-0.15, -0.1) is 0 Å². The first-order chi connectivity index (χ1) is 5.65. The molecule has 0 bridgehead atoms. The fourth-order valence-electron chi connectivity index (χ4n) is 1.11. The molecular formula is C9H12O3. The van der Waals surface area contributed by atoms with Gasteiger partial charge in [-0.25, -0.2) is 0 Å². The van der Waals surface area contributed by atoms with Crippen LogP contribution in [-0.2, 0) is 11.3 Å². The summed E-state index contributed by atoms with van der Waals surface area (Å²) in [6.07, 6.45) is 0. The number of furan rings is 1. The molecule has 0 amide bonds. The average molecular weight is 168 g/mol. The molecule has 12 heavy (non-hydrogen) atoms. The highest BCUT2D eigenvalue weighted by Gasteiger charge is 2.10. The smallest absolute Gasteiger partial charge is 0.163 e. The van der Waals surface area contributed by atoms with Crippen molar-refractivity contribution in [2.24, 2.45) is 0 Å². The summed E-state index contributed by atoms with van der Waals surface area (Å²) in [6, 6.07) is 1.72. The summed E-state index contributed by atoms with van der Waals surface area (Å²) in [4.78, 5) is 11.0. The number of carbonyl (C=O) groups excluding carboxylic acids is 1. The molecule has 0 radical (unpaired) electrons. The van der Waals surface area contributed by atoms with Crippen molar-refractivity contribution in [1.29, 1.82) is 0 Å². The standard InChI is InChI=1S/C9H12O3/c1-6(10)9-4-8(5-11-3)12-7(9)2/h4H,5H2,1-3H3. The third-order valence-corrected chi connectivity index (χ3v) is 1.63. The third-order valence-electron chi connectivity index (χ3n) is 1.63. The molecule has 3 nitrogen and oxygen atoms in total. The monoisotopic (exact) mass is 168 g/mol. The second-order valence-corrected chi connectivity index (χ2v) is 2.67.